The minimum Gasteiger partial charge on any atom is -0.381 e. The van der Waals surface area contributed by atoms with Gasteiger partial charge in [0.25, 0.3) is 0 Å². The van der Waals surface area contributed by atoms with Gasteiger partial charge in [0.1, 0.15) is 0 Å². The average Bonchev–Trinajstić information content (AvgIpc) is 2.44. The van der Waals surface area contributed by atoms with Crippen LogP contribution in [-0.2, 0) is 10.3 Å². The molecule has 0 amide bonds. The molecule has 2 N–H and O–H groups in total. The Morgan fingerprint density at radius 2 is 2.20 bits per heavy atom. The molecule has 1 fully saturated rings. The zero-order valence-electron chi connectivity index (χ0n) is 9.20. The van der Waals surface area contributed by atoms with Gasteiger partial charge in [0, 0.05) is 31.1 Å². The van der Waals surface area contributed by atoms with Crippen LogP contribution in [-0.4, -0.2) is 18.2 Å². The summed E-state index contributed by atoms with van der Waals surface area (Å²) in [5.74, 6) is 0. The molecule has 3 nitrogen and oxygen atoms in total. The highest BCUT2D eigenvalue weighted by Gasteiger charge is 2.28. The second-order valence-electron chi connectivity index (χ2n) is 4.37. The zero-order valence-corrected chi connectivity index (χ0v) is 9.20. The molecule has 0 saturated carbocycles. The van der Waals surface area contributed by atoms with Crippen LogP contribution in [0.4, 0.5) is 0 Å². The third-order valence-corrected chi connectivity index (χ3v) is 3.05. The van der Waals surface area contributed by atoms with E-state index in [0.717, 1.165) is 38.0 Å². The first kappa shape index (κ1) is 10.6. The van der Waals surface area contributed by atoms with Crippen molar-refractivity contribution in [3.63, 3.8) is 0 Å². The Kier molecular flexibility index (Phi) is 3.03. The lowest BCUT2D eigenvalue weighted by molar-refractivity contribution is 0.139. The number of nitrogens with zero attached hydrogens (tertiary/aromatic N) is 1. The van der Waals surface area contributed by atoms with Crippen LogP contribution in [0.2, 0.25) is 0 Å². The summed E-state index contributed by atoms with van der Waals surface area (Å²) in [5.41, 5.74) is 8.50. The molecule has 1 unspecified atom stereocenters. The molecule has 1 aromatic rings. The predicted octanol–water partition coefficient (Wildman–Crippen LogP) is 1.74. The van der Waals surface area contributed by atoms with Crippen LogP contribution in [0, 0.1) is 6.92 Å². The first-order chi connectivity index (χ1) is 7.21. The quantitative estimate of drug-likeness (QED) is 0.761. The summed E-state index contributed by atoms with van der Waals surface area (Å²) in [5, 5.41) is 0. The summed E-state index contributed by atoms with van der Waals surface area (Å²) in [7, 11) is 0. The smallest absolute Gasteiger partial charge is 0.0486 e. The Morgan fingerprint density at radius 3 is 3.00 bits per heavy atom. The topological polar surface area (TPSA) is 48.1 Å². The molecule has 0 bridgehead atoms. The van der Waals surface area contributed by atoms with E-state index in [1.54, 1.807) is 0 Å². The van der Waals surface area contributed by atoms with Crippen LogP contribution in [0.5, 0.6) is 0 Å². The van der Waals surface area contributed by atoms with E-state index < -0.39 is 0 Å². The number of pyridine rings is 1. The van der Waals surface area contributed by atoms with E-state index in [1.807, 2.05) is 19.3 Å². The maximum atomic E-state index is 6.43. The molecular weight excluding hydrogens is 188 g/mol. The molecule has 1 aromatic heterocycles. The lowest BCUT2D eigenvalue weighted by atomic mass is 9.85. The van der Waals surface area contributed by atoms with Gasteiger partial charge < -0.3 is 10.5 Å². The first-order valence-electron chi connectivity index (χ1n) is 5.49. The lowest BCUT2D eigenvalue weighted by Crippen LogP contribution is -2.37. The van der Waals surface area contributed by atoms with Gasteiger partial charge in [0.05, 0.1) is 0 Å². The molecule has 2 heterocycles. The first-order valence-corrected chi connectivity index (χ1v) is 5.49. The van der Waals surface area contributed by atoms with Gasteiger partial charge in [-0.3, -0.25) is 4.98 Å². The largest absolute Gasteiger partial charge is 0.381 e. The molecule has 1 saturated heterocycles. The van der Waals surface area contributed by atoms with Crippen molar-refractivity contribution in [3.8, 4) is 0 Å². The third-order valence-electron chi connectivity index (χ3n) is 3.05. The van der Waals surface area contributed by atoms with Gasteiger partial charge in [-0.1, -0.05) is 6.07 Å². The van der Waals surface area contributed by atoms with Gasteiger partial charge in [-0.05, 0) is 37.3 Å². The third kappa shape index (κ3) is 2.36. The van der Waals surface area contributed by atoms with Crippen molar-refractivity contribution < 1.29 is 4.74 Å². The van der Waals surface area contributed by atoms with Crippen molar-refractivity contribution in [3.05, 3.63) is 29.6 Å². The summed E-state index contributed by atoms with van der Waals surface area (Å²) < 4.78 is 5.44. The highest BCUT2D eigenvalue weighted by Crippen LogP contribution is 2.29. The van der Waals surface area contributed by atoms with E-state index in [9.17, 15) is 0 Å². The summed E-state index contributed by atoms with van der Waals surface area (Å²) >= 11 is 0. The Morgan fingerprint density at radius 1 is 1.33 bits per heavy atom. The maximum absolute atomic E-state index is 6.43. The van der Waals surface area contributed by atoms with Gasteiger partial charge in [-0.25, -0.2) is 0 Å². The Bertz CT molecular complexity index is 330. The van der Waals surface area contributed by atoms with Crippen molar-refractivity contribution in [1.82, 2.24) is 4.98 Å². The summed E-state index contributed by atoms with van der Waals surface area (Å²) in [4.78, 5) is 4.21. The summed E-state index contributed by atoms with van der Waals surface area (Å²) in [6, 6.07) is 2.14. The van der Waals surface area contributed by atoms with Crippen molar-refractivity contribution in [2.75, 3.05) is 13.2 Å². The van der Waals surface area contributed by atoms with E-state index in [2.05, 4.69) is 11.1 Å². The van der Waals surface area contributed by atoms with E-state index >= 15 is 0 Å². The molecule has 1 atom stereocenters. The number of nitrogens with two attached hydrogens (primary N) is 1. The average molecular weight is 206 g/mol. The van der Waals surface area contributed by atoms with Crippen LogP contribution in [0.15, 0.2) is 18.5 Å². The summed E-state index contributed by atoms with van der Waals surface area (Å²) in [6.07, 6.45) is 6.65. The van der Waals surface area contributed by atoms with Crippen LogP contribution in [0.25, 0.3) is 0 Å². The fourth-order valence-corrected chi connectivity index (χ4v) is 2.09. The van der Waals surface area contributed by atoms with Gasteiger partial charge in [0.15, 0.2) is 0 Å². The standard InChI is InChI=1S/C12H18N2O/c1-10-7-11(9-14-8-10)12(13)3-2-5-15-6-4-12/h7-9H,2-6,13H2,1H3. The molecule has 0 aliphatic carbocycles. The van der Waals surface area contributed by atoms with E-state index in [1.165, 1.54) is 5.56 Å². The van der Waals surface area contributed by atoms with E-state index in [4.69, 9.17) is 10.5 Å². The van der Waals surface area contributed by atoms with Gasteiger partial charge >= 0.3 is 0 Å². The Balaban J connectivity index is 2.26. The van der Waals surface area contributed by atoms with Gasteiger partial charge in [-0.15, -0.1) is 0 Å². The van der Waals surface area contributed by atoms with Crippen molar-refractivity contribution in [2.45, 2.75) is 31.7 Å². The molecule has 15 heavy (non-hydrogen) atoms. The van der Waals surface area contributed by atoms with Crippen LogP contribution >= 0.6 is 0 Å². The van der Waals surface area contributed by atoms with Crippen molar-refractivity contribution >= 4 is 0 Å². The second-order valence-corrected chi connectivity index (χ2v) is 4.37. The van der Waals surface area contributed by atoms with Crippen molar-refractivity contribution in [1.29, 1.82) is 0 Å². The molecule has 82 valence electrons. The number of aromatic nitrogens is 1. The molecule has 0 spiro atoms. The number of aryl methyl sites for hydroxylation is 1. The Labute approximate surface area is 90.7 Å². The zero-order chi connectivity index (χ0) is 10.7. The maximum Gasteiger partial charge on any atom is 0.0486 e. The molecule has 3 heteroatoms. The van der Waals surface area contributed by atoms with E-state index in [0.29, 0.717) is 0 Å². The lowest BCUT2D eigenvalue weighted by Gasteiger charge is -2.27. The van der Waals surface area contributed by atoms with Crippen LogP contribution in [0.1, 0.15) is 30.4 Å². The minimum atomic E-state index is -0.241. The number of rotatable bonds is 1. The summed E-state index contributed by atoms with van der Waals surface area (Å²) in [6.45, 7) is 3.63. The van der Waals surface area contributed by atoms with Crippen LogP contribution in [0.3, 0.4) is 0 Å². The Hall–Kier alpha value is -0.930. The van der Waals surface area contributed by atoms with Gasteiger partial charge in [-0.2, -0.15) is 0 Å². The minimum absolute atomic E-state index is 0.241. The van der Waals surface area contributed by atoms with Crippen molar-refractivity contribution in [2.24, 2.45) is 5.73 Å². The van der Waals surface area contributed by atoms with E-state index in [-0.39, 0.29) is 5.54 Å². The molecule has 2 rings (SSSR count). The SMILES string of the molecule is Cc1cncc(C2(N)CCCOCC2)c1. The van der Waals surface area contributed by atoms with Gasteiger partial charge in [0.2, 0.25) is 0 Å². The number of hydrogen-bond donors (Lipinski definition) is 1. The number of hydrogen-bond acceptors (Lipinski definition) is 3. The normalized spacial score (nSPS) is 27.3. The fourth-order valence-electron chi connectivity index (χ4n) is 2.09. The molecule has 0 radical (unpaired) electrons. The molecule has 0 aromatic carbocycles. The highest BCUT2D eigenvalue weighted by atomic mass is 16.5. The molecule has 1 aliphatic heterocycles. The predicted molar refractivity (Wildman–Crippen MR) is 59.5 cm³/mol. The van der Waals surface area contributed by atoms with Crippen LogP contribution < -0.4 is 5.73 Å². The highest BCUT2D eigenvalue weighted by molar-refractivity contribution is 5.24. The second kappa shape index (κ2) is 4.29. The molecular formula is C12H18N2O. The fraction of sp³-hybridized carbons (Fsp3) is 0.583. The monoisotopic (exact) mass is 206 g/mol. The number of ether oxygens (including phenoxy) is 1. The molecule has 1 aliphatic rings.